The van der Waals surface area contributed by atoms with Crippen LogP contribution in [0.3, 0.4) is 0 Å². The predicted octanol–water partition coefficient (Wildman–Crippen LogP) is 7.83. The fraction of sp³-hybridized carbons (Fsp3) is 0.406. The molecule has 214 valence electrons. The second kappa shape index (κ2) is 11.6. The van der Waals surface area contributed by atoms with Gasteiger partial charge in [-0.25, -0.2) is 9.78 Å². The molecule has 6 rings (SSSR count). The smallest absolute Gasteiger partial charge is 0.315 e. The van der Waals surface area contributed by atoms with Gasteiger partial charge in [0.25, 0.3) is 0 Å². The lowest BCUT2D eigenvalue weighted by atomic mass is 9.61. The van der Waals surface area contributed by atoms with Gasteiger partial charge in [-0.3, -0.25) is 0 Å². The molecule has 0 saturated heterocycles. The Labute approximate surface area is 254 Å². The van der Waals surface area contributed by atoms with Crippen molar-refractivity contribution < 1.29 is 4.79 Å². The van der Waals surface area contributed by atoms with E-state index < -0.39 is 0 Å². The maximum atomic E-state index is 12.9. The molecule has 2 heterocycles. The molecule has 4 aromatic rings. The van der Waals surface area contributed by atoms with Gasteiger partial charge in [0.2, 0.25) is 0 Å². The molecule has 3 N–H and O–H groups in total. The van der Waals surface area contributed by atoms with Crippen LogP contribution in [0.1, 0.15) is 57.1 Å². The first kappa shape index (κ1) is 28.0. The van der Waals surface area contributed by atoms with Gasteiger partial charge in [0.15, 0.2) is 5.65 Å². The molecule has 2 fully saturated rings. The van der Waals surface area contributed by atoms with Crippen LogP contribution in [0, 0.1) is 17.8 Å². The quantitative estimate of drug-likeness (QED) is 0.193. The fourth-order valence-electron chi connectivity index (χ4n) is 7.16. The predicted molar refractivity (Wildman–Crippen MR) is 168 cm³/mol. The molecule has 41 heavy (non-hydrogen) atoms. The summed E-state index contributed by atoms with van der Waals surface area (Å²) in [7, 11) is 0. The van der Waals surface area contributed by atoms with Crippen LogP contribution < -0.4 is 16.0 Å². The first-order chi connectivity index (χ1) is 19.8. The fourth-order valence-corrected chi connectivity index (χ4v) is 7.74. The molecule has 0 radical (unpaired) electrons. The summed E-state index contributed by atoms with van der Waals surface area (Å²) < 4.78 is 2.59. The molecular formula is C32H36BrClN6O. The third-order valence-electron chi connectivity index (χ3n) is 8.54. The SMILES string of the molecule is C[C@@H]1C[C@@H]2C[C@H](C)C[C@](NC(=O)NCc3ccc(CNc4cc(-c5ccccc5Cl)nc5c(Br)cnn45)cc3)(C1)C2. The molecule has 2 aliphatic carbocycles. The largest absolute Gasteiger partial charge is 0.366 e. The Morgan fingerprint density at radius 3 is 2.41 bits per heavy atom. The lowest BCUT2D eigenvalue weighted by molar-refractivity contribution is 0.0625. The highest BCUT2D eigenvalue weighted by molar-refractivity contribution is 9.10. The van der Waals surface area contributed by atoms with Crippen molar-refractivity contribution in [2.24, 2.45) is 17.8 Å². The average molecular weight is 636 g/mol. The molecule has 2 aromatic carbocycles. The number of carbonyl (C=O) groups excluding carboxylic acids is 1. The van der Waals surface area contributed by atoms with Crippen LogP contribution >= 0.6 is 27.5 Å². The summed E-state index contributed by atoms with van der Waals surface area (Å²) in [6, 6.07) is 17.9. The number of amides is 2. The molecule has 9 heteroatoms. The Morgan fingerprint density at radius 2 is 1.71 bits per heavy atom. The van der Waals surface area contributed by atoms with Gasteiger partial charge in [-0.15, -0.1) is 0 Å². The van der Waals surface area contributed by atoms with Crippen LogP contribution in [0.2, 0.25) is 5.02 Å². The summed E-state index contributed by atoms with van der Waals surface area (Å²) in [5.41, 5.74) is 4.48. The Kier molecular flexibility index (Phi) is 7.97. The minimum Gasteiger partial charge on any atom is -0.366 e. The number of rotatable bonds is 7. The van der Waals surface area contributed by atoms with Crippen molar-refractivity contribution in [1.82, 2.24) is 25.2 Å². The van der Waals surface area contributed by atoms with E-state index in [-0.39, 0.29) is 11.6 Å². The zero-order chi connectivity index (χ0) is 28.6. The van der Waals surface area contributed by atoms with Crippen molar-refractivity contribution in [3.63, 3.8) is 0 Å². The molecule has 2 amide bonds. The number of hydrogen-bond acceptors (Lipinski definition) is 4. The van der Waals surface area contributed by atoms with E-state index in [2.05, 4.69) is 75.1 Å². The normalized spacial score (nSPS) is 23.8. The minimum atomic E-state index is -0.0564. The van der Waals surface area contributed by atoms with Gasteiger partial charge in [-0.2, -0.15) is 9.61 Å². The number of halogens is 2. The van der Waals surface area contributed by atoms with Gasteiger partial charge in [-0.05, 0) is 83.0 Å². The van der Waals surface area contributed by atoms with Crippen molar-refractivity contribution in [3.8, 4) is 11.3 Å². The Morgan fingerprint density at radius 1 is 1.02 bits per heavy atom. The highest BCUT2D eigenvalue weighted by Crippen LogP contribution is 2.47. The standard InChI is InChI=1S/C32H36BrClN6O/c1-20-11-24-12-21(2)15-32(14-20,16-24)39-31(41)36-18-23-9-7-22(8-10-23)17-35-29-13-28(25-5-3-4-6-27(25)34)38-30-26(33)19-37-40(29)30/h3-10,13,19-21,24,35H,11-12,14-18H2,1-2H3,(H2,36,39,41)/t20-,21+,24-,32-. The number of carbonyl (C=O) groups is 1. The second-order valence-electron chi connectivity index (χ2n) is 12.2. The van der Waals surface area contributed by atoms with Crippen LogP contribution in [0.5, 0.6) is 0 Å². The first-order valence-electron chi connectivity index (χ1n) is 14.4. The maximum Gasteiger partial charge on any atom is 0.315 e. The monoisotopic (exact) mass is 634 g/mol. The van der Waals surface area contributed by atoms with E-state index in [1.54, 1.807) is 10.7 Å². The summed E-state index contributed by atoms with van der Waals surface area (Å²) in [6.07, 6.45) is 7.62. The summed E-state index contributed by atoms with van der Waals surface area (Å²) >= 11 is 10.0. The number of nitrogens with one attached hydrogen (secondary N) is 3. The van der Waals surface area contributed by atoms with Crippen molar-refractivity contribution in [3.05, 3.63) is 81.4 Å². The van der Waals surface area contributed by atoms with E-state index in [0.29, 0.717) is 35.6 Å². The first-order valence-corrected chi connectivity index (χ1v) is 15.6. The van der Waals surface area contributed by atoms with E-state index in [9.17, 15) is 4.79 Å². The number of benzene rings is 2. The number of nitrogens with zero attached hydrogens (tertiary/aromatic N) is 3. The van der Waals surface area contributed by atoms with Gasteiger partial charge in [0.1, 0.15) is 5.82 Å². The molecular weight excluding hydrogens is 600 g/mol. The van der Waals surface area contributed by atoms with Gasteiger partial charge >= 0.3 is 6.03 Å². The summed E-state index contributed by atoms with van der Waals surface area (Å²) in [5, 5.41) is 15.1. The van der Waals surface area contributed by atoms with Crippen LogP contribution in [-0.4, -0.2) is 26.2 Å². The highest BCUT2D eigenvalue weighted by atomic mass is 79.9. The van der Waals surface area contributed by atoms with Crippen molar-refractivity contribution in [2.45, 2.75) is 64.6 Å². The van der Waals surface area contributed by atoms with Crippen LogP contribution in [0.4, 0.5) is 10.6 Å². The van der Waals surface area contributed by atoms with Crippen LogP contribution in [0.15, 0.2) is 65.3 Å². The Balaban J connectivity index is 1.08. The van der Waals surface area contributed by atoms with E-state index in [0.717, 1.165) is 57.9 Å². The van der Waals surface area contributed by atoms with Gasteiger partial charge < -0.3 is 16.0 Å². The number of hydrogen-bond donors (Lipinski definition) is 3. The van der Waals surface area contributed by atoms with E-state index in [1.807, 2.05) is 30.3 Å². The molecule has 0 aliphatic heterocycles. The topological polar surface area (TPSA) is 83.4 Å². The molecule has 0 unspecified atom stereocenters. The molecule has 0 spiro atoms. The molecule has 2 bridgehead atoms. The van der Waals surface area contributed by atoms with Crippen molar-refractivity contribution >= 4 is 45.0 Å². The molecule has 4 atom stereocenters. The number of fused-ring (bicyclic) bond motifs is 3. The van der Waals surface area contributed by atoms with Gasteiger partial charge in [-0.1, -0.05) is 67.9 Å². The van der Waals surface area contributed by atoms with E-state index in [4.69, 9.17) is 16.6 Å². The summed E-state index contributed by atoms with van der Waals surface area (Å²) in [4.78, 5) is 17.7. The van der Waals surface area contributed by atoms with Crippen molar-refractivity contribution in [2.75, 3.05) is 5.32 Å². The third kappa shape index (κ3) is 6.24. The van der Waals surface area contributed by atoms with Gasteiger partial charge in [0.05, 0.1) is 16.4 Å². The van der Waals surface area contributed by atoms with Gasteiger partial charge in [0, 0.05) is 35.3 Å². The lowest BCUT2D eigenvalue weighted by Gasteiger charge is -2.50. The third-order valence-corrected chi connectivity index (χ3v) is 9.43. The number of urea groups is 1. The van der Waals surface area contributed by atoms with Crippen molar-refractivity contribution in [1.29, 1.82) is 0 Å². The van der Waals surface area contributed by atoms with E-state index >= 15 is 0 Å². The molecule has 2 saturated carbocycles. The highest BCUT2D eigenvalue weighted by Gasteiger charge is 2.45. The Hall–Kier alpha value is -3.10. The summed E-state index contributed by atoms with van der Waals surface area (Å²) in [5.74, 6) is 2.89. The summed E-state index contributed by atoms with van der Waals surface area (Å²) in [6.45, 7) is 5.76. The number of aromatic nitrogens is 3. The molecule has 7 nitrogen and oxygen atoms in total. The molecule has 2 aromatic heterocycles. The molecule has 2 aliphatic rings. The zero-order valence-electron chi connectivity index (χ0n) is 23.5. The second-order valence-corrected chi connectivity index (χ2v) is 13.4. The zero-order valence-corrected chi connectivity index (χ0v) is 25.8. The average Bonchev–Trinajstić information content (AvgIpc) is 3.31. The van der Waals surface area contributed by atoms with Crippen LogP contribution in [-0.2, 0) is 13.1 Å². The Bertz CT molecular complexity index is 1530. The minimum absolute atomic E-state index is 0.0478. The van der Waals surface area contributed by atoms with Crippen LogP contribution in [0.25, 0.3) is 16.9 Å². The van der Waals surface area contributed by atoms with E-state index in [1.165, 1.54) is 12.8 Å². The maximum absolute atomic E-state index is 12.9. The lowest BCUT2D eigenvalue weighted by Crippen LogP contribution is -2.58. The number of anilines is 1.